The normalized spacial score (nSPS) is 11.0. The molecule has 1 amide bonds. The summed E-state index contributed by atoms with van der Waals surface area (Å²) in [5.74, 6) is -0.504. The molecule has 1 N–H and O–H groups in total. The number of benzene rings is 2. The lowest BCUT2D eigenvalue weighted by atomic mass is 10.1. The van der Waals surface area contributed by atoms with Crippen LogP contribution < -0.4 is 14.8 Å². The smallest absolute Gasteiger partial charge is 0.255 e. The number of carbonyl (C=O) groups is 1. The summed E-state index contributed by atoms with van der Waals surface area (Å²) in [5.41, 5.74) is -0.00904. The second-order valence-electron chi connectivity index (χ2n) is 5.17. The number of hydrogen-bond donors (Lipinski definition) is 1. The molecule has 134 valence electrons. The number of amides is 1. The summed E-state index contributed by atoms with van der Waals surface area (Å²) in [6.45, 7) is 2.25. The number of methoxy groups -OCH3 is 1. The molecule has 0 aliphatic heterocycles. The summed E-state index contributed by atoms with van der Waals surface area (Å²) in [5, 5.41) is 2.37. The Morgan fingerprint density at radius 1 is 1.16 bits per heavy atom. The first-order valence-corrected chi connectivity index (χ1v) is 9.27. The Morgan fingerprint density at radius 3 is 2.48 bits per heavy atom. The molecule has 0 aliphatic rings. The van der Waals surface area contributed by atoms with Crippen LogP contribution in [0.1, 0.15) is 17.3 Å². The molecule has 0 fully saturated rings. The minimum absolute atomic E-state index is 0.0894. The number of halogens is 1. The van der Waals surface area contributed by atoms with Gasteiger partial charge in [-0.05, 0) is 43.3 Å². The third-order valence-electron chi connectivity index (χ3n) is 3.34. The lowest BCUT2D eigenvalue weighted by Crippen LogP contribution is -2.14. The highest BCUT2D eigenvalue weighted by molar-refractivity contribution is 7.90. The zero-order valence-corrected chi connectivity index (χ0v) is 14.8. The van der Waals surface area contributed by atoms with Crippen LogP contribution in [-0.2, 0) is 9.84 Å². The van der Waals surface area contributed by atoms with Gasteiger partial charge >= 0.3 is 0 Å². The van der Waals surface area contributed by atoms with E-state index in [4.69, 9.17) is 9.47 Å². The van der Waals surface area contributed by atoms with Crippen LogP contribution in [0.2, 0.25) is 0 Å². The van der Waals surface area contributed by atoms with Crippen molar-refractivity contribution < 1.29 is 27.1 Å². The van der Waals surface area contributed by atoms with Crippen molar-refractivity contribution >= 4 is 21.4 Å². The van der Waals surface area contributed by atoms with Gasteiger partial charge in [0.1, 0.15) is 5.82 Å². The second-order valence-corrected chi connectivity index (χ2v) is 7.18. The zero-order chi connectivity index (χ0) is 18.6. The van der Waals surface area contributed by atoms with E-state index in [1.54, 1.807) is 6.07 Å². The molecule has 0 saturated heterocycles. The Hall–Kier alpha value is -2.61. The third-order valence-corrected chi connectivity index (χ3v) is 4.45. The number of ether oxygens (including phenoxy) is 2. The van der Waals surface area contributed by atoms with Gasteiger partial charge < -0.3 is 14.8 Å². The van der Waals surface area contributed by atoms with Gasteiger partial charge in [0, 0.05) is 11.8 Å². The highest BCUT2D eigenvalue weighted by atomic mass is 32.2. The quantitative estimate of drug-likeness (QED) is 0.794. The summed E-state index contributed by atoms with van der Waals surface area (Å²) < 4.78 is 47.6. The molecule has 0 radical (unpaired) electrons. The molecule has 0 atom stereocenters. The number of hydrogen-bond acceptors (Lipinski definition) is 5. The Bertz CT molecular complexity index is 896. The summed E-state index contributed by atoms with van der Waals surface area (Å²) in [6.07, 6.45) is 1.00. The molecule has 25 heavy (non-hydrogen) atoms. The van der Waals surface area contributed by atoms with Gasteiger partial charge in [-0.15, -0.1) is 0 Å². The van der Waals surface area contributed by atoms with Gasteiger partial charge in [0.05, 0.1) is 24.3 Å². The Labute approximate surface area is 145 Å². The number of anilines is 1. The van der Waals surface area contributed by atoms with Crippen molar-refractivity contribution in [2.24, 2.45) is 0 Å². The van der Waals surface area contributed by atoms with E-state index < -0.39 is 21.6 Å². The van der Waals surface area contributed by atoms with Crippen molar-refractivity contribution in [2.45, 2.75) is 11.8 Å². The second kappa shape index (κ2) is 7.52. The van der Waals surface area contributed by atoms with Crippen LogP contribution in [0, 0.1) is 5.82 Å². The summed E-state index contributed by atoms with van der Waals surface area (Å²) in [4.78, 5) is 12.3. The van der Waals surface area contributed by atoms with Gasteiger partial charge in [-0.3, -0.25) is 4.79 Å². The molecular weight excluding hydrogens is 349 g/mol. The van der Waals surface area contributed by atoms with E-state index in [-0.39, 0.29) is 16.1 Å². The maximum atomic E-state index is 13.9. The summed E-state index contributed by atoms with van der Waals surface area (Å²) in [7, 11) is -2.08. The van der Waals surface area contributed by atoms with Crippen molar-refractivity contribution in [1.29, 1.82) is 0 Å². The van der Waals surface area contributed by atoms with E-state index in [0.29, 0.717) is 18.1 Å². The topological polar surface area (TPSA) is 81.7 Å². The molecule has 2 aromatic carbocycles. The number of rotatable bonds is 6. The van der Waals surface area contributed by atoms with Gasteiger partial charge in [-0.1, -0.05) is 0 Å². The van der Waals surface area contributed by atoms with E-state index in [2.05, 4.69) is 5.32 Å². The average molecular weight is 367 g/mol. The van der Waals surface area contributed by atoms with Gasteiger partial charge in [-0.2, -0.15) is 0 Å². The molecule has 0 aromatic heterocycles. The predicted octanol–water partition coefficient (Wildman–Crippen LogP) is 2.89. The van der Waals surface area contributed by atoms with Crippen LogP contribution in [0.15, 0.2) is 41.3 Å². The SMILES string of the molecule is CCOc1ccc(C(=O)Nc2cc(S(C)(=O)=O)ccc2F)cc1OC. The lowest BCUT2D eigenvalue weighted by Gasteiger charge is -2.12. The van der Waals surface area contributed by atoms with Gasteiger partial charge in [0.2, 0.25) is 0 Å². The van der Waals surface area contributed by atoms with Crippen LogP contribution in [0.5, 0.6) is 11.5 Å². The van der Waals surface area contributed by atoms with E-state index >= 15 is 0 Å². The molecule has 0 saturated carbocycles. The van der Waals surface area contributed by atoms with Crippen LogP contribution in [0.25, 0.3) is 0 Å². The first-order chi connectivity index (χ1) is 11.8. The molecule has 0 unspecified atom stereocenters. The summed E-state index contributed by atoms with van der Waals surface area (Å²) >= 11 is 0. The molecular formula is C17H18FNO5S. The lowest BCUT2D eigenvalue weighted by molar-refractivity contribution is 0.102. The maximum Gasteiger partial charge on any atom is 0.255 e. The van der Waals surface area contributed by atoms with E-state index in [9.17, 15) is 17.6 Å². The van der Waals surface area contributed by atoms with Crippen molar-refractivity contribution in [1.82, 2.24) is 0 Å². The molecule has 6 nitrogen and oxygen atoms in total. The van der Waals surface area contributed by atoms with Crippen molar-refractivity contribution in [2.75, 3.05) is 25.3 Å². The summed E-state index contributed by atoms with van der Waals surface area (Å²) in [6, 6.07) is 7.74. The molecule has 0 heterocycles. The van der Waals surface area contributed by atoms with Crippen LogP contribution in [0.3, 0.4) is 0 Å². The van der Waals surface area contributed by atoms with Crippen LogP contribution in [0.4, 0.5) is 10.1 Å². The first-order valence-electron chi connectivity index (χ1n) is 7.38. The van der Waals surface area contributed by atoms with Crippen molar-refractivity contribution in [3.8, 4) is 11.5 Å². The molecule has 0 bridgehead atoms. The Morgan fingerprint density at radius 2 is 1.88 bits per heavy atom. The number of carbonyl (C=O) groups excluding carboxylic acids is 1. The number of nitrogens with one attached hydrogen (secondary N) is 1. The van der Waals surface area contributed by atoms with E-state index in [1.807, 2.05) is 6.92 Å². The third kappa shape index (κ3) is 4.48. The molecule has 0 spiro atoms. The van der Waals surface area contributed by atoms with Gasteiger partial charge in [0.25, 0.3) is 5.91 Å². The Kier molecular flexibility index (Phi) is 5.63. The van der Waals surface area contributed by atoms with Crippen LogP contribution in [-0.4, -0.2) is 34.3 Å². The standard InChI is InChI=1S/C17H18FNO5S/c1-4-24-15-8-5-11(9-16(15)23-2)17(20)19-14-10-12(25(3,21)22)6-7-13(14)18/h5-10H,4H2,1-3H3,(H,19,20). The fraction of sp³-hybridized carbons (Fsp3) is 0.235. The minimum Gasteiger partial charge on any atom is -0.493 e. The van der Waals surface area contributed by atoms with E-state index in [1.165, 1.54) is 19.2 Å². The molecule has 2 rings (SSSR count). The predicted molar refractivity (Wildman–Crippen MR) is 91.6 cm³/mol. The molecule has 2 aromatic rings. The van der Waals surface area contributed by atoms with E-state index in [0.717, 1.165) is 24.5 Å². The van der Waals surface area contributed by atoms with Crippen molar-refractivity contribution in [3.63, 3.8) is 0 Å². The molecule has 8 heteroatoms. The molecule has 0 aliphatic carbocycles. The van der Waals surface area contributed by atoms with Crippen molar-refractivity contribution in [3.05, 3.63) is 47.8 Å². The largest absolute Gasteiger partial charge is 0.493 e. The zero-order valence-electron chi connectivity index (χ0n) is 14.0. The first kappa shape index (κ1) is 18.7. The highest BCUT2D eigenvalue weighted by Crippen LogP contribution is 2.28. The van der Waals surface area contributed by atoms with Gasteiger partial charge in [-0.25, -0.2) is 12.8 Å². The van der Waals surface area contributed by atoms with Gasteiger partial charge in [0.15, 0.2) is 21.3 Å². The average Bonchev–Trinajstić information content (AvgIpc) is 2.56. The Balaban J connectivity index is 2.31. The fourth-order valence-corrected chi connectivity index (χ4v) is 2.76. The monoisotopic (exact) mass is 367 g/mol. The maximum absolute atomic E-state index is 13.9. The van der Waals surface area contributed by atoms with Crippen LogP contribution >= 0.6 is 0 Å². The number of sulfone groups is 1. The highest BCUT2D eigenvalue weighted by Gasteiger charge is 2.15. The minimum atomic E-state index is -3.52. The fourth-order valence-electron chi connectivity index (χ4n) is 2.11.